The highest BCUT2D eigenvalue weighted by Gasteiger charge is 2.15. The highest BCUT2D eigenvalue weighted by atomic mass is 19.1. The third-order valence-corrected chi connectivity index (χ3v) is 4.90. The van der Waals surface area contributed by atoms with Crippen molar-refractivity contribution in [3.8, 4) is 22.8 Å². The second kappa shape index (κ2) is 7.99. The molecule has 0 unspecified atom stereocenters. The van der Waals surface area contributed by atoms with E-state index < -0.39 is 17.1 Å². The van der Waals surface area contributed by atoms with E-state index in [9.17, 15) is 13.6 Å². The highest BCUT2D eigenvalue weighted by Crippen LogP contribution is 2.30. The summed E-state index contributed by atoms with van der Waals surface area (Å²) in [6.45, 7) is 4.40. The van der Waals surface area contributed by atoms with Crippen molar-refractivity contribution in [1.29, 1.82) is 0 Å². The molecule has 30 heavy (non-hydrogen) atoms. The summed E-state index contributed by atoms with van der Waals surface area (Å²) in [6, 6.07) is 16.1. The Morgan fingerprint density at radius 3 is 2.47 bits per heavy atom. The number of ether oxygens (including phenoxy) is 1. The van der Waals surface area contributed by atoms with E-state index in [0.29, 0.717) is 28.1 Å². The van der Waals surface area contributed by atoms with Gasteiger partial charge in [0.15, 0.2) is 17.0 Å². The van der Waals surface area contributed by atoms with E-state index in [0.717, 1.165) is 12.2 Å². The van der Waals surface area contributed by atoms with Crippen LogP contribution in [0.3, 0.4) is 0 Å². The van der Waals surface area contributed by atoms with Crippen LogP contribution < -0.4 is 15.5 Å². The Labute approximate surface area is 172 Å². The number of hydrogen-bond acceptors (Lipinski definition) is 3. The average Bonchev–Trinajstić information content (AvgIpc) is 2.73. The maximum atomic E-state index is 14.7. The lowest BCUT2D eigenvalue weighted by atomic mass is 10.0. The van der Waals surface area contributed by atoms with Crippen LogP contribution in [0, 0.1) is 18.6 Å². The summed E-state index contributed by atoms with van der Waals surface area (Å²) in [5.41, 5.74) is 2.13. The van der Waals surface area contributed by atoms with E-state index >= 15 is 0 Å². The number of pyridine rings is 1. The second-order valence-corrected chi connectivity index (χ2v) is 6.92. The Morgan fingerprint density at radius 2 is 1.77 bits per heavy atom. The zero-order valence-electron chi connectivity index (χ0n) is 16.6. The number of benzene rings is 3. The average molecular weight is 406 g/mol. The molecule has 2 N–H and O–H groups in total. The number of anilines is 1. The highest BCUT2D eigenvalue weighted by molar-refractivity contribution is 5.83. The van der Waals surface area contributed by atoms with Crippen molar-refractivity contribution < 1.29 is 13.5 Å². The van der Waals surface area contributed by atoms with Gasteiger partial charge in [0.2, 0.25) is 0 Å². The summed E-state index contributed by atoms with van der Waals surface area (Å²) in [6.07, 6.45) is 0. The van der Waals surface area contributed by atoms with Gasteiger partial charge in [-0.15, -0.1) is 0 Å². The van der Waals surface area contributed by atoms with Crippen molar-refractivity contribution in [3.05, 3.63) is 88.1 Å². The number of fused-ring (bicyclic) bond motifs is 1. The van der Waals surface area contributed by atoms with Crippen molar-refractivity contribution in [2.24, 2.45) is 0 Å². The Bertz CT molecular complexity index is 1280. The maximum Gasteiger partial charge on any atom is 0.195 e. The molecule has 0 atom stereocenters. The van der Waals surface area contributed by atoms with Crippen LogP contribution in [0.2, 0.25) is 0 Å². The van der Waals surface area contributed by atoms with Crippen molar-refractivity contribution in [1.82, 2.24) is 4.98 Å². The van der Waals surface area contributed by atoms with E-state index in [-0.39, 0.29) is 11.1 Å². The molecule has 4 nitrogen and oxygen atoms in total. The monoisotopic (exact) mass is 406 g/mol. The normalized spacial score (nSPS) is 10.9. The van der Waals surface area contributed by atoms with Crippen molar-refractivity contribution in [2.75, 3.05) is 11.9 Å². The van der Waals surface area contributed by atoms with Gasteiger partial charge < -0.3 is 15.0 Å². The Morgan fingerprint density at radius 1 is 1.00 bits per heavy atom. The molecule has 0 fully saturated rings. The van der Waals surface area contributed by atoms with Crippen LogP contribution >= 0.6 is 0 Å². The van der Waals surface area contributed by atoms with Gasteiger partial charge in [0.25, 0.3) is 0 Å². The first-order valence-electron chi connectivity index (χ1n) is 9.60. The van der Waals surface area contributed by atoms with Crippen molar-refractivity contribution in [3.63, 3.8) is 0 Å². The Kier molecular flexibility index (Phi) is 5.23. The molecule has 4 aromatic rings. The minimum absolute atomic E-state index is 0.000171. The lowest BCUT2D eigenvalue weighted by Crippen LogP contribution is -2.11. The first-order valence-corrected chi connectivity index (χ1v) is 9.60. The van der Waals surface area contributed by atoms with Crippen molar-refractivity contribution >= 4 is 16.6 Å². The minimum Gasteiger partial charge on any atom is -0.454 e. The molecule has 0 aliphatic heterocycles. The standard InChI is InChI=1S/C24H20F2N2O2/c1-3-27-16-8-10-17(11-9-16)30-21-12-7-15(13-19(21)26)23-14(2)24(29)22-18(25)5-4-6-20(22)28-23/h4-13,27H,3H2,1-2H3,(H,28,29). The number of aromatic nitrogens is 1. The molecule has 1 heterocycles. The van der Waals surface area contributed by atoms with E-state index in [4.69, 9.17) is 4.74 Å². The molecule has 0 aliphatic rings. The molecule has 1 aromatic heterocycles. The van der Waals surface area contributed by atoms with Crippen LogP contribution in [-0.2, 0) is 0 Å². The first-order chi connectivity index (χ1) is 14.5. The van der Waals surface area contributed by atoms with Gasteiger partial charge >= 0.3 is 0 Å². The maximum absolute atomic E-state index is 14.7. The van der Waals surface area contributed by atoms with Crippen molar-refractivity contribution in [2.45, 2.75) is 13.8 Å². The molecule has 4 rings (SSSR count). The summed E-state index contributed by atoms with van der Waals surface area (Å²) < 4.78 is 34.4. The quantitative estimate of drug-likeness (QED) is 0.427. The molecule has 0 radical (unpaired) electrons. The predicted octanol–water partition coefficient (Wildman–Crippen LogP) is 6.01. The molecule has 152 valence electrons. The number of rotatable bonds is 5. The van der Waals surface area contributed by atoms with Crippen LogP contribution in [0.4, 0.5) is 14.5 Å². The van der Waals surface area contributed by atoms with Gasteiger partial charge in [-0.2, -0.15) is 0 Å². The number of nitrogens with one attached hydrogen (secondary N) is 2. The third-order valence-electron chi connectivity index (χ3n) is 4.90. The van der Waals surface area contributed by atoms with Gasteiger partial charge in [-0.25, -0.2) is 8.78 Å². The number of aromatic amines is 1. The smallest absolute Gasteiger partial charge is 0.195 e. The molecular weight excluding hydrogens is 386 g/mol. The summed E-state index contributed by atoms with van der Waals surface area (Å²) in [5.74, 6) is -0.572. The number of H-pyrrole nitrogens is 1. The van der Waals surface area contributed by atoms with E-state index in [1.54, 1.807) is 31.2 Å². The lowest BCUT2D eigenvalue weighted by Gasteiger charge is -2.12. The summed E-state index contributed by atoms with van der Waals surface area (Å²) in [4.78, 5) is 15.7. The van der Waals surface area contributed by atoms with Gasteiger partial charge in [0.1, 0.15) is 11.6 Å². The second-order valence-electron chi connectivity index (χ2n) is 6.92. The van der Waals surface area contributed by atoms with E-state index in [2.05, 4.69) is 10.3 Å². The predicted molar refractivity (Wildman–Crippen MR) is 115 cm³/mol. The molecule has 0 saturated carbocycles. The minimum atomic E-state index is -0.585. The molecule has 6 heteroatoms. The fraction of sp³-hybridized carbons (Fsp3) is 0.125. The third kappa shape index (κ3) is 3.64. The van der Waals surface area contributed by atoms with E-state index in [1.165, 1.54) is 24.3 Å². The fourth-order valence-corrected chi connectivity index (χ4v) is 3.39. The van der Waals surface area contributed by atoms with Gasteiger partial charge in [0.05, 0.1) is 16.6 Å². The van der Waals surface area contributed by atoms with Crippen LogP contribution in [0.1, 0.15) is 12.5 Å². The Hall–Kier alpha value is -3.67. The summed E-state index contributed by atoms with van der Waals surface area (Å²) >= 11 is 0. The molecule has 3 aromatic carbocycles. The molecular formula is C24H20F2N2O2. The Balaban J connectivity index is 1.68. The molecule has 0 amide bonds. The van der Waals surface area contributed by atoms with E-state index in [1.807, 2.05) is 19.1 Å². The summed E-state index contributed by atoms with van der Waals surface area (Å²) in [5, 5.41) is 3.18. The largest absolute Gasteiger partial charge is 0.454 e. The zero-order valence-corrected chi connectivity index (χ0v) is 16.6. The number of halogens is 2. The van der Waals surface area contributed by atoms with Crippen LogP contribution in [0.5, 0.6) is 11.5 Å². The molecule has 0 aliphatic carbocycles. The molecule has 0 spiro atoms. The van der Waals surface area contributed by atoms with Crippen LogP contribution in [-0.4, -0.2) is 11.5 Å². The van der Waals surface area contributed by atoms with Gasteiger partial charge in [-0.3, -0.25) is 4.79 Å². The first kappa shape index (κ1) is 19.6. The molecule has 0 saturated heterocycles. The summed E-state index contributed by atoms with van der Waals surface area (Å²) in [7, 11) is 0. The van der Waals surface area contributed by atoms with Gasteiger partial charge in [-0.05, 0) is 68.4 Å². The fourth-order valence-electron chi connectivity index (χ4n) is 3.39. The zero-order chi connectivity index (χ0) is 21.3. The van der Waals surface area contributed by atoms with Crippen LogP contribution in [0.15, 0.2) is 65.5 Å². The molecule has 0 bridgehead atoms. The topological polar surface area (TPSA) is 54.1 Å². The van der Waals surface area contributed by atoms with Gasteiger partial charge in [0, 0.05) is 23.4 Å². The SMILES string of the molecule is CCNc1ccc(Oc2ccc(-c3[nH]c4cccc(F)c4c(=O)c3C)cc2F)cc1. The number of hydrogen-bond donors (Lipinski definition) is 2. The van der Waals surface area contributed by atoms with Gasteiger partial charge in [-0.1, -0.05) is 6.07 Å². The lowest BCUT2D eigenvalue weighted by molar-refractivity contribution is 0.442. The van der Waals surface area contributed by atoms with Crippen LogP contribution in [0.25, 0.3) is 22.2 Å².